The van der Waals surface area contributed by atoms with Gasteiger partial charge in [0.15, 0.2) is 0 Å². The molecule has 1 aromatic carbocycles. The van der Waals surface area contributed by atoms with Crippen LogP contribution in [-0.4, -0.2) is 20.2 Å². The topological polar surface area (TPSA) is 47.3 Å². The molecule has 3 N–H and O–H groups in total. The van der Waals surface area contributed by atoms with Gasteiger partial charge in [0.25, 0.3) is 0 Å². The Morgan fingerprint density at radius 1 is 1.28 bits per heavy atom. The molecule has 18 heavy (non-hydrogen) atoms. The summed E-state index contributed by atoms with van der Waals surface area (Å²) < 4.78 is 5.37. The molecule has 0 bridgehead atoms. The highest BCUT2D eigenvalue weighted by molar-refractivity contribution is 5.43. The zero-order valence-corrected chi connectivity index (χ0v) is 12.0. The second-order valence-electron chi connectivity index (χ2n) is 5.08. The van der Waals surface area contributed by atoms with Crippen molar-refractivity contribution < 1.29 is 4.74 Å². The van der Waals surface area contributed by atoms with E-state index in [1.807, 2.05) is 0 Å². The third kappa shape index (κ3) is 4.31. The van der Waals surface area contributed by atoms with E-state index < -0.39 is 0 Å². The van der Waals surface area contributed by atoms with Crippen LogP contribution in [0.2, 0.25) is 0 Å². The molecule has 0 aromatic heterocycles. The van der Waals surface area contributed by atoms with Crippen LogP contribution in [0.3, 0.4) is 0 Å². The van der Waals surface area contributed by atoms with Gasteiger partial charge in [-0.1, -0.05) is 19.1 Å². The van der Waals surface area contributed by atoms with Gasteiger partial charge >= 0.3 is 0 Å². The van der Waals surface area contributed by atoms with E-state index in [-0.39, 0.29) is 0 Å². The molecule has 0 fully saturated rings. The smallest absolute Gasteiger partial charge is 0.124 e. The Morgan fingerprint density at radius 2 is 1.89 bits per heavy atom. The van der Waals surface area contributed by atoms with Crippen molar-refractivity contribution in [1.82, 2.24) is 5.32 Å². The molecule has 1 unspecified atom stereocenters. The van der Waals surface area contributed by atoms with Crippen LogP contribution in [0.4, 0.5) is 0 Å². The van der Waals surface area contributed by atoms with Crippen LogP contribution >= 0.6 is 0 Å². The fourth-order valence-electron chi connectivity index (χ4n) is 2.31. The van der Waals surface area contributed by atoms with Crippen LogP contribution in [0.25, 0.3) is 0 Å². The molecule has 0 radical (unpaired) electrons. The molecule has 0 saturated heterocycles. The van der Waals surface area contributed by atoms with E-state index in [2.05, 4.69) is 38.2 Å². The first-order chi connectivity index (χ1) is 8.58. The minimum atomic E-state index is 0.635. The monoisotopic (exact) mass is 250 g/mol. The molecule has 0 aliphatic heterocycles. The van der Waals surface area contributed by atoms with Gasteiger partial charge in [-0.3, -0.25) is 0 Å². The Bertz CT molecular complexity index is 354. The quantitative estimate of drug-likeness (QED) is 0.781. The fraction of sp³-hybridized carbons (Fsp3) is 0.600. The normalized spacial score (nSPS) is 12.5. The predicted octanol–water partition coefficient (Wildman–Crippen LogP) is 2.39. The van der Waals surface area contributed by atoms with Crippen molar-refractivity contribution in [2.75, 3.05) is 20.2 Å². The first-order valence-corrected chi connectivity index (χ1v) is 6.63. The molecule has 3 nitrogen and oxygen atoms in total. The molecule has 3 heteroatoms. The van der Waals surface area contributed by atoms with Gasteiger partial charge in [0.2, 0.25) is 0 Å². The third-order valence-electron chi connectivity index (χ3n) is 3.21. The van der Waals surface area contributed by atoms with Crippen molar-refractivity contribution in [2.24, 2.45) is 11.7 Å². The number of nitrogens with two attached hydrogens (primary N) is 1. The highest BCUT2D eigenvalue weighted by Gasteiger charge is 2.05. The molecule has 0 aliphatic carbocycles. The number of ether oxygens (including phenoxy) is 1. The maximum absolute atomic E-state index is 5.54. The van der Waals surface area contributed by atoms with E-state index in [4.69, 9.17) is 10.5 Å². The second kappa shape index (κ2) is 7.39. The van der Waals surface area contributed by atoms with Crippen molar-refractivity contribution in [1.29, 1.82) is 0 Å². The molecule has 0 saturated carbocycles. The third-order valence-corrected chi connectivity index (χ3v) is 3.21. The van der Waals surface area contributed by atoms with Crippen molar-refractivity contribution in [3.63, 3.8) is 0 Å². The molecule has 1 atom stereocenters. The lowest BCUT2D eigenvalue weighted by atomic mass is 10.0. The number of rotatable bonds is 7. The van der Waals surface area contributed by atoms with E-state index in [0.29, 0.717) is 5.92 Å². The number of aryl methyl sites for hydroxylation is 2. The standard InChI is InChI=1S/C15H26N2O/c1-11(5-6-16)9-17-10-14-7-12(2)15(18-4)13(3)8-14/h7-8,11,17H,5-6,9-10,16H2,1-4H3. The van der Waals surface area contributed by atoms with E-state index in [1.54, 1.807) is 7.11 Å². The summed E-state index contributed by atoms with van der Waals surface area (Å²) in [5.74, 6) is 1.63. The highest BCUT2D eigenvalue weighted by Crippen LogP contribution is 2.24. The highest BCUT2D eigenvalue weighted by atomic mass is 16.5. The van der Waals surface area contributed by atoms with Crippen molar-refractivity contribution in [2.45, 2.75) is 33.7 Å². The number of nitrogens with one attached hydrogen (secondary N) is 1. The van der Waals surface area contributed by atoms with Crippen LogP contribution in [-0.2, 0) is 6.54 Å². The zero-order valence-electron chi connectivity index (χ0n) is 12.0. The van der Waals surface area contributed by atoms with Gasteiger partial charge in [-0.05, 0) is 56.0 Å². The van der Waals surface area contributed by atoms with Crippen LogP contribution in [0.5, 0.6) is 5.75 Å². The van der Waals surface area contributed by atoms with Crippen LogP contribution in [0.15, 0.2) is 12.1 Å². The maximum Gasteiger partial charge on any atom is 0.124 e. The maximum atomic E-state index is 5.54. The SMILES string of the molecule is COc1c(C)cc(CNCC(C)CCN)cc1C. The van der Waals surface area contributed by atoms with Crippen LogP contribution < -0.4 is 15.8 Å². The largest absolute Gasteiger partial charge is 0.496 e. The summed E-state index contributed by atoms with van der Waals surface area (Å²) in [6, 6.07) is 4.37. The molecule has 1 rings (SSSR count). The number of benzene rings is 1. The lowest BCUT2D eigenvalue weighted by Gasteiger charge is -2.14. The predicted molar refractivity (Wildman–Crippen MR) is 77.0 cm³/mol. The van der Waals surface area contributed by atoms with Crippen LogP contribution in [0.1, 0.15) is 30.0 Å². The molecule has 102 valence electrons. The molecule has 0 spiro atoms. The van der Waals surface area contributed by atoms with Crippen LogP contribution in [0, 0.1) is 19.8 Å². The number of hydrogen-bond acceptors (Lipinski definition) is 3. The number of methoxy groups -OCH3 is 1. The molecule has 0 heterocycles. The molecular weight excluding hydrogens is 224 g/mol. The van der Waals surface area contributed by atoms with E-state index in [1.165, 1.54) is 16.7 Å². The summed E-state index contributed by atoms with van der Waals surface area (Å²) in [6.07, 6.45) is 1.08. The van der Waals surface area contributed by atoms with Gasteiger partial charge < -0.3 is 15.8 Å². The Hall–Kier alpha value is -1.06. The van der Waals surface area contributed by atoms with Gasteiger partial charge in [0.1, 0.15) is 5.75 Å². The summed E-state index contributed by atoms with van der Waals surface area (Å²) in [5.41, 5.74) is 9.25. The first kappa shape index (κ1) is 15.0. The summed E-state index contributed by atoms with van der Waals surface area (Å²) in [7, 11) is 1.72. The first-order valence-electron chi connectivity index (χ1n) is 6.63. The van der Waals surface area contributed by atoms with E-state index in [0.717, 1.165) is 31.8 Å². The minimum Gasteiger partial charge on any atom is -0.496 e. The summed E-state index contributed by atoms with van der Waals surface area (Å²) in [6.45, 7) is 9.09. The van der Waals surface area contributed by atoms with Gasteiger partial charge in [0, 0.05) is 6.54 Å². The lowest BCUT2D eigenvalue weighted by molar-refractivity contribution is 0.408. The summed E-state index contributed by atoms with van der Waals surface area (Å²) >= 11 is 0. The van der Waals surface area contributed by atoms with Crippen molar-refractivity contribution >= 4 is 0 Å². The van der Waals surface area contributed by atoms with Gasteiger partial charge in [-0.15, -0.1) is 0 Å². The lowest BCUT2D eigenvalue weighted by Crippen LogP contribution is -2.22. The molecule has 1 aromatic rings. The average Bonchev–Trinajstić information content (AvgIpc) is 2.29. The molecular formula is C15H26N2O. The Morgan fingerprint density at radius 3 is 2.39 bits per heavy atom. The Kier molecular flexibility index (Phi) is 6.16. The summed E-state index contributed by atoms with van der Waals surface area (Å²) in [5, 5.41) is 3.48. The minimum absolute atomic E-state index is 0.635. The van der Waals surface area contributed by atoms with Crippen molar-refractivity contribution in [3.05, 3.63) is 28.8 Å². The summed E-state index contributed by atoms with van der Waals surface area (Å²) in [4.78, 5) is 0. The molecule has 0 aliphatic rings. The second-order valence-corrected chi connectivity index (χ2v) is 5.08. The fourth-order valence-corrected chi connectivity index (χ4v) is 2.31. The Labute approximate surface area is 111 Å². The Balaban J connectivity index is 2.53. The zero-order chi connectivity index (χ0) is 13.5. The van der Waals surface area contributed by atoms with Gasteiger partial charge in [-0.25, -0.2) is 0 Å². The molecule has 0 amide bonds. The van der Waals surface area contributed by atoms with E-state index in [9.17, 15) is 0 Å². The van der Waals surface area contributed by atoms with E-state index >= 15 is 0 Å². The van der Waals surface area contributed by atoms with Crippen molar-refractivity contribution in [3.8, 4) is 5.75 Å². The van der Waals surface area contributed by atoms with Gasteiger partial charge in [-0.2, -0.15) is 0 Å². The number of hydrogen-bond donors (Lipinski definition) is 2. The average molecular weight is 250 g/mol. The van der Waals surface area contributed by atoms with Gasteiger partial charge in [0.05, 0.1) is 7.11 Å².